The fourth-order valence-electron chi connectivity index (χ4n) is 1.07. The highest BCUT2D eigenvalue weighted by Gasteiger charge is 2.04. The highest BCUT2D eigenvalue weighted by molar-refractivity contribution is 5.68. The lowest BCUT2D eigenvalue weighted by Crippen LogP contribution is -1.78. The van der Waals surface area contributed by atoms with Crippen LogP contribution in [0.2, 0.25) is 0 Å². The molecule has 1 aromatic heterocycles. The van der Waals surface area contributed by atoms with Crippen LogP contribution in [0.15, 0.2) is 41.5 Å². The molecule has 0 saturated carbocycles. The van der Waals surface area contributed by atoms with Gasteiger partial charge in [0.05, 0.1) is 6.20 Å². The van der Waals surface area contributed by atoms with Gasteiger partial charge in [0.2, 0.25) is 5.89 Å². The van der Waals surface area contributed by atoms with Gasteiger partial charge in [0, 0.05) is 12.0 Å². The second kappa shape index (κ2) is 5.22. The predicted octanol–water partition coefficient (Wildman–Crippen LogP) is 3.38. The van der Waals surface area contributed by atoms with Crippen molar-refractivity contribution in [3.63, 3.8) is 0 Å². The molecule has 0 radical (unpaired) electrons. The molecular formula is C12H15NO. The number of hydrogen-bond acceptors (Lipinski definition) is 2. The molecule has 0 aliphatic rings. The maximum atomic E-state index is 5.52. The van der Waals surface area contributed by atoms with Gasteiger partial charge in [-0.05, 0) is 13.0 Å². The number of aryl methyl sites for hydroxylation is 1. The van der Waals surface area contributed by atoms with E-state index in [1.165, 1.54) is 0 Å². The number of allylic oxidation sites excluding steroid dienone is 5. The summed E-state index contributed by atoms with van der Waals surface area (Å²) in [7, 11) is 0. The molecule has 2 heteroatoms. The summed E-state index contributed by atoms with van der Waals surface area (Å²) < 4.78 is 5.52. The van der Waals surface area contributed by atoms with Crippen LogP contribution in [0.3, 0.4) is 0 Å². The largest absolute Gasteiger partial charge is 0.441 e. The Labute approximate surface area is 84.7 Å². The minimum atomic E-state index is 0.669. The van der Waals surface area contributed by atoms with Gasteiger partial charge in [-0.15, -0.1) is 0 Å². The lowest BCUT2D eigenvalue weighted by Gasteiger charge is -1.93. The van der Waals surface area contributed by atoms with Crippen molar-refractivity contribution in [3.8, 4) is 0 Å². The minimum absolute atomic E-state index is 0.669. The smallest absolute Gasteiger partial charge is 0.225 e. The molecule has 0 N–H and O–H groups in total. The van der Waals surface area contributed by atoms with Crippen LogP contribution in [0.4, 0.5) is 0 Å². The topological polar surface area (TPSA) is 26.0 Å². The summed E-state index contributed by atoms with van der Waals surface area (Å²) in [4.78, 5) is 4.19. The molecule has 0 atom stereocenters. The number of oxazole rings is 1. The third kappa shape index (κ3) is 2.46. The first-order chi connectivity index (χ1) is 6.81. The van der Waals surface area contributed by atoms with Gasteiger partial charge < -0.3 is 4.42 Å². The van der Waals surface area contributed by atoms with Crippen molar-refractivity contribution in [2.45, 2.75) is 20.3 Å². The summed E-state index contributed by atoms with van der Waals surface area (Å²) >= 11 is 0. The average Bonchev–Trinajstić information content (AvgIpc) is 2.68. The highest BCUT2D eigenvalue weighted by Crippen LogP contribution is 2.16. The number of aromatic nitrogens is 1. The fraction of sp³-hybridized carbons (Fsp3) is 0.250. The van der Waals surface area contributed by atoms with Crippen LogP contribution in [0.25, 0.3) is 5.57 Å². The Morgan fingerprint density at radius 1 is 1.64 bits per heavy atom. The second-order valence-corrected chi connectivity index (χ2v) is 2.82. The molecule has 0 aliphatic heterocycles. The maximum Gasteiger partial charge on any atom is 0.225 e. The molecule has 74 valence electrons. The molecule has 0 aromatic carbocycles. The lowest BCUT2D eigenvalue weighted by atomic mass is 10.2. The van der Waals surface area contributed by atoms with E-state index in [0.717, 1.165) is 17.8 Å². The molecule has 0 saturated heterocycles. The summed E-state index contributed by atoms with van der Waals surface area (Å²) in [5, 5.41) is 0. The zero-order valence-electron chi connectivity index (χ0n) is 8.66. The molecule has 0 unspecified atom stereocenters. The van der Waals surface area contributed by atoms with Crippen molar-refractivity contribution >= 4 is 5.57 Å². The molecule has 2 nitrogen and oxygen atoms in total. The normalized spacial score (nSPS) is 12.3. The molecule has 0 amide bonds. The van der Waals surface area contributed by atoms with E-state index in [4.69, 9.17) is 4.42 Å². The van der Waals surface area contributed by atoms with Crippen LogP contribution < -0.4 is 0 Å². The van der Waals surface area contributed by atoms with Crippen molar-refractivity contribution in [2.24, 2.45) is 0 Å². The monoisotopic (exact) mass is 189 g/mol. The standard InChI is InChI=1S/C12H15NO/c1-4-7-8-10(5-2)12-13-9-11(6-3)14-12/h4-5,7-9H,1,6H2,2-3H3/b8-7-,10-5+. The Morgan fingerprint density at radius 3 is 2.93 bits per heavy atom. The zero-order valence-corrected chi connectivity index (χ0v) is 8.66. The van der Waals surface area contributed by atoms with Crippen LogP contribution in [0.5, 0.6) is 0 Å². The lowest BCUT2D eigenvalue weighted by molar-refractivity contribution is 0.498. The van der Waals surface area contributed by atoms with Gasteiger partial charge in [0.25, 0.3) is 0 Å². The van der Waals surface area contributed by atoms with Gasteiger partial charge in [0.15, 0.2) is 0 Å². The van der Waals surface area contributed by atoms with E-state index >= 15 is 0 Å². The molecule has 1 rings (SSSR count). The molecule has 1 aromatic rings. The van der Waals surface area contributed by atoms with E-state index in [2.05, 4.69) is 11.6 Å². The van der Waals surface area contributed by atoms with E-state index in [1.807, 2.05) is 32.1 Å². The fourth-order valence-corrected chi connectivity index (χ4v) is 1.07. The molecule has 1 heterocycles. The summed E-state index contributed by atoms with van der Waals surface area (Å²) in [6.07, 6.45) is 10.1. The quantitative estimate of drug-likeness (QED) is 0.678. The molecule has 0 fully saturated rings. The van der Waals surface area contributed by atoms with Gasteiger partial charge in [-0.1, -0.05) is 31.7 Å². The van der Waals surface area contributed by atoms with Crippen molar-refractivity contribution in [2.75, 3.05) is 0 Å². The van der Waals surface area contributed by atoms with Crippen molar-refractivity contribution in [1.82, 2.24) is 4.98 Å². The zero-order chi connectivity index (χ0) is 10.4. The van der Waals surface area contributed by atoms with Gasteiger partial charge >= 0.3 is 0 Å². The third-order valence-electron chi connectivity index (χ3n) is 1.87. The van der Waals surface area contributed by atoms with Crippen LogP contribution in [-0.2, 0) is 6.42 Å². The van der Waals surface area contributed by atoms with Gasteiger partial charge in [-0.3, -0.25) is 0 Å². The highest BCUT2D eigenvalue weighted by atomic mass is 16.4. The molecule has 0 spiro atoms. The van der Waals surface area contributed by atoms with E-state index in [9.17, 15) is 0 Å². The van der Waals surface area contributed by atoms with Crippen LogP contribution in [-0.4, -0.2) is 4.98 Å². The maximum absolute atomic E-state index is 5.52. The predicted molar refractivity (Wildman–Crippen MR) is 58.9 cm³/mol. The second-order valence-electron chi connectivity index (χ2n) is 2.82. The van der Waals surface area contributed by atoms with E-state index < -0.39 is 0 Å². The first kappa shape index (κ1) is 10.5. The third-order valence-corrected chi connectivity index (χ3v) is 1.87. The molecule has 0 aliphatic carbocycles. The van der Waals surface area contributed by atoms with E-state index in [0.29, 0.717) is 5.89 Å². The summed E-state index contributed by atoms with van der Waals surface area (Å²) in [5.74, 6) is 1.58. The minimum Gasteiger partial charge on any atom is -0.441 e. The Balaban J connectivity index is 2.90. The van der Waals surface area contributed by atoms with Crippen LogP contribution in [0, 0.1) is 0 Å². The Bertz CT molecular complexity index is 358. The van der Waals surface area contributed by atoms with Crippen molar-refractivity contribution < 1.29 is 4.42 Å². The molecule has 0 bridgehead atoms. The number of hydrogen-bond donors (Lipinski definition) is 0. The van der Waals surface area contributed by atoms with Gasteiger partial charge in [-0.2, -0.15) is 0 Å². The van der Waals surface area contributed by atoms with Gasteiger partial charge in [0.1, 0.15) is 5.76 Å². The van der Waals surface area contributed by atoms with E-state index in [1.54, 1.807) is 12.3 Å². The molecule has 14 heavy (non-hydrogen) atoms. The Morgan fingerprint density at radius 2 is 2.43 bits per heavy atom. The van der Waals surface area contributed by atoms with E-state index in [-0.39, 0.29) is 0 Å². The Hall–Kier alpha value is -1.57. The summed E-state index contributed by atoms with van der Waals surface area (Å²) in [6, 6.07) is 0. The SMILES string of the molecule is C=C/C=C\C(=C/C)c1ncc(CC)o1. The summed E-state index contributed by atoms with van der Waals surface area (Å²) in [6.45, 7) is 7.61. The van der Waals surface area contributed by atoms with Gasteiger partial charge in [-0.25, -0.2) is 4.98 Å². The van der Waals surface area contributed by atoms with Crippen LogP contribution >= 0.6 is 0 Å². The first-order valence-electron chi connectivity index (χ1n) is 4.72. The van der Waals surface area contributed by atoms with Crippen LogP contribution in [0.1, 0.15) is 25.5 Å². The first-order valence-corrected chi connectivity index (χ1v) is 4.72. The average molecular weight is 189 g/mol. The number of rotatable bonds is 4. The Kier molecular flexibility index (Phi) is 3.92. The molecular weight excluding hydrogens is 174 g/mol. The number of nitrogens with zero attached hydrogens (tertiary/aromatic N) is 1. The van der Waals surface area contributed by atoms with Crippen molar-refractivity contribution in [1.29, 1.82) is 0 Å². The van der Waals surface area contributed by atoms with Crippen molar-refractivity contribution in [3.05, 3.63) is 48.7 Å². The summed E-state index contributed by atoms with van der Waals surface area (Å²) in [5.41, 5.74) is 0.976.